The minimum atomic E-state index is 0.837. The lowest BCUT2D eigenvalue weighted by Gasteiger charge is -2.01. The smallest absolute Gasteiger partial charge is 0.182 e. The van der Waals surface area contributed by atoms with E-state index in [1.807, 2.05) is 11.6 Å². The largest absolute Gasteiger partial charge is 0.361 e. The minimum absolute atomic E-state index is 0.837. The highest BCUT2D eigenvalue weighted by Gasteiger charge is 2.02. The van der Waals surface area contributed by atoms with Gasteiger partial charge in [0.15, 0.2) is 5.13 Å². The standard InChI is InChI=1S/C10H15N5S/c1-3-8-6-16-10(13-8)11-5-4-9-14-12-7-15(9)2/h6-7H,3-5H2,1-2H3,(H,11,13). The van der Waals surface area contributed by atoms with Crippen LogP contribution >= 0.6 is 11.3 Å². The maximum absolute atomic E-state index is 4.43. The van der Waals surface area contributed by atoms with Crippen molar-refractivity contribution in [1.29, 1.82) is 0 Å². The molecule has 1 N–H and O–H groups in total. The molecule has 0 aromatic carbocycles. The maximum Gasteiger partial charge on any atom is 0.182 e. The zero-order chi connectivity index (χ0) is 11.4. The predicted octanol–water partition coefficient (Wildman–Crippen LogP) is 1.49. The van der Waals surface area contributed by atoms with E-state index in [1.165, 1.54) is 0 Å². The van der Waals surface area contributed by atoms with Gasteiger partial charge in [-0.3, -0.25) is 0 Å². The summed E-state index contributed by atoms with van der Waals surface area (Å²) >= 11 is 1.65. The molecule has 0 fully saturated rings. The van der Waals surface area contributed by atoms with Crippen LogP contribution < -0.4 is 5.32 Å². The van der Waals surface area contributed by atoms with Crippen LogP contribution in [-0.4, -0.2) is 26.3 Å². The van der Waals surface area contributed by atoms with E-state index in [2.05, 4.69) is 32.8 Å². The van der Waals surface area contributed by atoms with Crippen molar-refractivity contribution in [3.63, 3.8) is 0 Å². The van der Waals surface area contributed by atoms with Gasteiger partial charge in [-0.15, -0.1) is 21.5 Å². The first-order chi connectivity index (χ1) is 7.79. The Kier molecular flexibility index (Phi) is 3.51. The SMILES string of the molecule is CCc1csc(NCCc2nncn2C)n1. The Hall–Kier alpha value is -1.43. The van der Waals surface area contributed by atoms with E-state index < -0.39 is 0 Å². The molecule has 16 heavy (non-hydrogen) atoms. The van der Waals surface area contributed by atoms with E-state index in [0.29, 0.717) is 0 Å². The van der Waals surface area contributed by atoms with Crippen molar-refractivity contribution in [2.24, 2.45) is 7.05 Å². The monoisotopic (exact) mass is 237 g/mol. The number of anilines is 1. The number of thiazole rings is 1. The van der Waals surface area contributed by atoms with E-state index in [0.717, 1.165) is 36.0 Å². The van der Waals surface area contributed by atoms with Crippen LogP contribution in [-0.2, 0) is 19.9 Å². The van der Waals surface area contributed by atoms with Gasteiger partial charge < -0.3 is 9.88 Å². The number of nitrogens with one attached hydrogen (secondary N) is 1. The van der Waals surface area contributed by atoms with Crippen LogP contribution in [0.1, 0.15) is 18.4 Å². The maximum atomic E-state index is 4.43. The lowest BCUT2D eigenvalue weighted by molar-refractivity contribution is 0.788. The topological polar surface area (TPSA) is 55.6 Å². The number of hydrogen-bond donors (Lipinski definition) is 1. The Morgan fingerprint density at radius 2 is 2.38 bits per heavy atom. The molecule has 2 aromatic heterocycles. The van der Waals surface area contributed by atoms with Gasteiger partial charge in [-0.2, -0.15) is 0 Å². The second-order valence-electron chi connectivity index (χ2n) is 3.53. The van der Waals surface area contributed by atoms with E-state index in [4.69, 9.17) is 0 Å². The number of nitrogens with zero attached hydrogens (tertiary/aromatic N) is 4. The fourth-order valence-electron chi connectivity index (χ4n) is 1.37. The van der Waals surface area contributed by atoms with Gasteiger partial charge >= 0.3 is 0 Å². The van der Waals surface area contributed by atoms with Crippen LogP contribution in [0.2, 0.25) is 0 Å². The molecule has 0 saturated heterocycles. The number of aromatic nitrogens is 4. The van der Waals surface area contributed by atoms with E-state index in [1.54, 1.807) is 17.7 Å². The summed E-state index contributed by atoms with van der Waals surface area (Å²) in [6.07, 6.45) is 3.56. The highest BCUT2D eigenvalue weighted by Crippen LogP contribution is 2.15. The highest BCUT2D eigenvalue weighted by atomic mass is 32.1. The van der Waals surface area contributed by atoms with E-state index in [9.17, 15) is 0 Å². The fourth-order valence-corrected chi connectivity index (χ4v) is 2.19. The number of rotatable bonds is 5. The quantitative estimate of drug-likeness (QED) is 0.856. The lowest BCUT2D eigenvalue weighted by Crippen LogP contribution is -2.08. The molecule has 0 saturated carbocycles. The van der Waals surface area contributed by atoms with Crippen molar-refractivity contribution in [2.75, 3.05) is 11.9 Å². The summed E-state index contributed by atoms with van der Waals surface area (Å²) < 4.78 is 1.93. The lowest BCUT2D eigenvalue weighted by atomic mass is 10.4. The average Bonchev–Trinajstić information content (AvgIpc) is 2.89. The first-order valence-electron chi connectivity index (χ1n) is 5.30. The van der Waals surface area contributed by atoms with Gasteiger partial charge in [0.1, 0.15) is 12.2 Å². The molecule has 5 nitrogen and oxygen atoms in total. The van der Waals surface area contributed by atoms with Crippen LogP contribution in [0.25, 0.3) is 0 Å². The van der Waals surface area contributed by atoms with Crippen LogP contribution in [0, 0.1) is 0 Å². The molecule has 86 valence electrons. The van der Waals surface area contributed by atoms with Gasteiger partial charge in [-0.1, -0.05) is 6.92 Å². The second-order valence-corrected chi connectivity index (χ2v) is 4.39. The zero-order valence-corrected chi connectivity index (χ0v) is 10.3. The van der Waals surface area contributed by atoms with Gasteiger partial charge in [0, 0.05) is 25.4 Å². The number of aryl methyl sites for hydroxylation is 2. The Labute approximate surface area is 98.5 Å². The molecule has 0 aliphatic heterocycles. The van der Waals surface area contributed by atoms with Crippen molar-refractivity contribution in [2.45, 2.75) is 19.8 Å². The van der Waals surface area contributed by atoms with E-state index in [-0.39, 0.29) is 0 Å². The molecule has 0 amide bonds. The molecule has 0 aliphatic rings. The Balaban J connectivity index is 1.82. The Morgan fingerprint density at radius 1 is 1.50 bits per heavy atom. The van der Waals surface area contributed by atoms with Gasteiger partial charge in [0.25, 0.3) is 0 Å². The highest BCUT2D eigenvalue weighted by molar-refractivity contribution is 7.13. The van der Waals surface area contributed by atoms with Gasteiger partial charge in [0.05, 0.1) is 5.69 Å². The molecule has 0 radical (unpaired) electrons. The number of hydrogen-bond acceptors (Lipinski definition) is 5. The summed E-state index contributed by atoms with van der Waals surface area (Å²) in [5.74, 6) is 0.986. The average molecular weight is 237 g/mol. The van der Waals surface area contributed by atoms with Crippen molar-refractivity contribution >= 4 is 16.5 Å². The van der Waals surface area contributed by atoms with Crippen LogP contribution in [0.15, 0.2) is 11.7 Å². The third kappa shape index (κ3) is 2.57. The summed E-state index contributed by atoms with van der Waals surface area (Å²) in [7, 11) is 1.95. The molecule has 0 bridgehead atoms. The predicted molar refractivity (Wildman–Crippen MR) is 64.7 cm³/mol. The van der Waals surface area contributed by atoms with Crippen molar-refractivity contribution in [1.82, 2.24) is 19.7 Å². The summed E-state index contributed by atoms with van der Waals surface area (Å²) in [6.45, 7) is 2.95. The summed E-state index contributed by atoms with van der Waals surface area (Å²) in [4.78, 5) is 4.43. The Bertz CT molecular complexity index is 448. The van der Waals surface area contributed by atoms with Crippen LogP contribution in [0.3, 0.4) is 0 Å². The molecule has 0 atom stereocenters. The second kappa shape index (κ2) is 5.07. The van der Waals surface area contributed by atoms with Crippen LogP contribution in [0.4, 0.5) is 5.13 Å². The first-order valence-corrected chi connectivity index (χ1v) is 6.18. The van der Waals surface area contributed by atoms with Crippen molar-refractivity contribution in [3.05, 3.63) is 23.2 Å². The molecular formula is C10H15N5S. The summed E-state index contributed by atoms with van der Waals surface area (Å²) in [6, 6.07) is 0. The first kappa shape index (κ1) is 11.1. The molecule has 2 aromatic rings. The fraction of sp³-hybridized carbons (Fsp3) is 0.500. The molecule has 2 heterocycles. The van der Waals surface area contributed by atoms with Crippen LogP contribution in [0.5, 0.6) is 0 Å². The Morgan fingerprint density at radius 3 is 3.00 bits per heavy atom. The normalized spacial score (nSPS) is 10.6. The third-order valence-electron chi connectivity index (χ3n) is 2.34. The minimum Gasteiger partial charge on any atom is -0.361 e. The van der Waals surface area contributed by atoms with Gasteiger partial charge in [0.2, 0.25) is 0 Å². The third-order valence-corrected chi connectivity index (χ3v) is 3.19. The molecular weight excluding hydrogens is 222 g/mol. The molecule has 6 heteroatoms. The zero-order valence-electron chi connectivity index (χ0n) is 9.47. The van der Waals surface area contributed by atoms with Gasteiger partial charge in [-0.05, 0) is 6.42 Å². The molecule has 2 rings (SSSR count). The summed E-state index contributed by atoms with van der Waals surface area (Å²) in [5, 5.41) is 14.2. The van der Waals surface area contributed by atoms with Crippen molar-refractivity contribution < 1.29 is 0 Å². The molecule has 0 aliphatic carbocycles. The van der Waals surface area contributed by atoms with E-state index >= 15 is 0 Å². The molecule has 0 unspecified atom stereocenters. The summed E-state index contributed by atoms with van der Waals surface area (Å²) in [5.41, 5.74) is 1.14. The van der Waals surface area contributed by atoms with Gasteiger partial charge in [-0.25, -0.2) is 4.98 Å². The molecule has 0 spiro atoms. The van der Waals surface area contributed by atoms with Crippen molar-refractivity contribution in [3.8, 4) is 0 Å².